The number of fused-ring (bicyclic) bond motifs is 1. The second-order valence-corrected chi connectivity index (χ2v) is 7.96. The van der Waals surface area contributed by atoms with E-state index in [-0.39, 0.29) is 17.6 Å². The monoisotopic (exact) mass is 411 g/mol. The minimum atomic E-state index is -0.317. The van der Waals surface area contributed by atoms with Crippen LogP contribution in [-0.2, 0) is 0 Å². The minimum absolute atomic E-state index is 0.127. The van der Waals surface area contributed by atoms with Gasteiger partial charge in [-0.3, -0.25) is 9.69 Å². The molecule has 156 valence electrons. The van der Waals surface area contributed by atoms with Crippen LogP contribution in [0.2, 0.25) is 0 Å². The first-order valence-corrected chi connectivity index (χ1v) is 10.6. The summed E-state index contributed by atoms with van der Waals surface area (Å²) in [7, 11) is 0. The summed E-state index contributed by atoms with van der Waals surface area (Å²) >= 11 is 0. The average molecular weight is 412 g/mol. The van der Waals surface area contributed by atoms with Gasteiger partial charge in [0.15, 0.2) is 5.78 Å². The number of nitrogens with one attached hydrogen (secondary N) is 1. The van der Waals surface area contributed by atoms with Gasteiger partial charge in [-0.2, -0.15) is 0 Å². The zero-order chi connectivity index (χ0) is 21.2. The molecule has 1 atom stereocenters. The van der Waals surface area contributed by atoms with Gasteiger partial charge in [0.1, 0.15) is 5.75 Å². The zero-order valence-corrected chi connectivity index (χ0v) is 17.2. The molecular weight excluding hydrogens is 386 g/mol. The Morgan fingerprint density at radius 1 is 0.839 bits per heavy atom. The summed E-state index contributed by atoms with van der Waals surface area (Å²) in [5.74, 6) is 0.401. The molecule has 5 nitrogen and oxygen atoms in total. The van der Waals surface area contributed by atoms with Crippen LogP contribution >= 0.6 is 0 Å². The SMILES string of the molecule is O=C(c1c[nH]c2ccccc12)[C@@H](c1ccccc1)N1CCN(c2ccc(O)cc2)CC1. The first kappa shape index (κ1) is 19.4. The molecule has 31 heavy (non-hydrogen) atoms. The number of hydrogen-bond donors (Lipinski definition) is 2. The number of anilines is 1. The summed E-state index contributed by atoms with van der Waals surface area (Å²) < 4.78 is 0. The van der Waals surface area contributed by atoms with Gasteiger partial charge < -0.3 is 15.0 Å². The van der Waals surface area contributed by atoms with Crippen LogP contribution in [0.25, 0.3) is 10.9 Å². The molecule has 3 aromatic carbocycles. The quantitative estimate of drug-likeness (QED) is 0.471. The van der Waals surface area contributed by atoms with E-state index in [0.717, 1.165) is 53.9 Å². The fraction of sp³-hybridized carbons (Fsp3) is 0.192. The van der Waals surface area contributed by atoms with E-state index in [9.17, 15) is 9.90 Å². The highest BCUT2D eigenvalue weighted by atomic mass is 16.3. The lowest BCUT2D eigenvalue weighted by molar-refractivity contribution is 0.0808. The van der Waals surface area contributed by atoms with Crippen molar-refractivity contribution in [1.82, 2.24) is 9.88 Å². The normalized spacial score (nSPS) is 15.8. The zero-order valence-electron chi connectivity index (χ0n) is 17.2. The smallest absolute Gasteiger partial charge is 0.186 e. The number of rotatable bonds is 5. The van der Waals surface area contributed by atoms with Gasteiger partial charge in [0.2, 0.25) is 0 Å². The van der Waals surface area contributed by atoms with E-state index in [4.69, 9.17) is 0 Å². The predicted octanol–water partition coefficient (Wildman–Crippen LogP) is 4.62. The van der Waals surface area contributed by atoms with Crippen molar-refractivity contribution in [3.63, 3.8) is 0 Å². The summed E-state index contributed by atoms with van der Waals surface area (Å²) in [4.78, 5) is 21.6. The van der Waals surface area contributed by atoms with E-state index >= 15 is 0 Å². The molecule has 5 rings (SSSR count). The van der Waals surface area contributed by atoms with Crippen molar-refractivity contribution in [2.24, 2.45) is 0 Å². The molecule has 1 aromatic heterocycles. The maximum Gasteiger partial charge on any atom is 0.186 e. The van der Waals surface area contributed by atoms with E-state index in [1.54, 1.807) is 12.1 Å². The van der Waals surface area contributed by atoms with Crippen molar-refractivity contribution in [2.45, 2.75) is 6.04 Å². The number of carbonyl (C=O) groups excluding carboxylic acids is 1. The first-order chi connectivity index (χ1) is 15.2. The molecule has 1 saturated heterocycles. The summed E-state index contributed by atoms with van der Waals surface area (Å²) in [6.07, 6.45) is 1.84. The molecule has 1 aliphatic heterocycles. The number of H-pyrrole nitrogens is 1. The van der Waals surface area contributed by atoms with Crippen molar-refractivity contribution >= 4 is 22.4 Å². The van der Waals surface area contributed by atoms with E-state index in [1.165, 1.54) is 0 Å². The molecule has 0 unspecified atom stereocenters. The Morgan fingerprint density at radius 2 is 1.52 bits per heavy atom. The van der Waals surface area contributed by atoms with Crippen molar-refractivity contribution in [3.8, 4) is 5.75 Å². The Hall–Kier alpha value is -3.57. The molecular formula is C26H25N3O2. The largest absolute Gasteiger partial charge is 0.508 e. The lowest BCUT2D eigenvalue weighted by atomic mass is 9.95. The molecule has 1 aliphatic rings. The summed E-state index contributed by atoms with van der Waals surface area (Å²) in [5, 5.41) is 10.5. The number of ketones is 1. The fourth-order valence-corrected chi connectivity index (χ4v) is 4.49. The number of aromatic amines is 1. The molecule has 0 amide bonds. The lowest BCUT2D eigenvalue weighted by Crippen LogP contribution is -2.49. The van der Waals surface area contributed by atoms with Crippen LogP contribution in [0.5, 0.6) is 5.75 Å². The number of hydrogen-bond acceptors (Lipinski definition) is 4. The van der Waals surface area contributed by atoms with Crippen LogP contribution in [0.4, 0.5) is 5.69 Å². The number of piperazine rings is 1. The highest BCUT2D eigenvalue weighted by molar-refractivity contribution is 6.10. The number of phenols is 1. The fourth-order valence-electron chi connectivity index (χ4n) is 4.49. The van der Waals surface area contributed by atoms with Crippen molar-refractivity contribution in [1.29, 1.82) is 0 Å². The number of phenolic OH excluding ortho intramolecular Hbond substituents is 1. The van der Waals surface area contributed by atoms with Crippen LogP contribution < -0.4 is 4.90 Å². The number of benzene rings is 3. The van der Waals surface area contributed by atoms with Gasteiger partial charge >= 0.3 is 0 Å². The summed E-state index contributed by atoms with van der Waals surface area (Å²) in [5.41, 5.74) is 3.84. The lowest BCUT2D eigenvalue weighted by Gasteiger charge is -2.39. The van der Waals surface area contributed by atoms with Gasteiger partial charge in [0.05, 0.1) is 6.04 Å². The Bertz CT molecular complexity index is 1180. The number of nitrogens with zero attached hydrogens (tertiary/aromatic N) is 2. The maximum absolute atomic E-state index is 13.8. The number of aromatic nitrogens is 1. The molecule has 0 saturated carbocycles. The standard InChI is InChI=1S/C26H25N3O2/c30-21-12-10-20(11-13-21)28-14-16-29(17-15-28)25(19-6-2-1-3-7-19)26(31)23-18-27-24-9-5-4-8-22(23)24/h1-13,18,25,27,30H,14-17H2/t25-/m1/s1. The van der Waals surface area contributed by atoms with E-state index in [1.807, 2.05) is 72.9 Å². The average Bonchev–Trinajstić information content (AvgIpc) is 3.25. The van der Waals surface area contributed by atoms with E-state index in [0.29, 0.717) is 0 Å². The Labute approximate surface area is 181 Å². The summed E-state index contributed by atoms with van der Waals surface area (Å²) in [6, 6.07) is 25.0. The second kappa shape index (κ2) is 8.28. The van der Waals surface area contributed by atoms with Crippen molar-refractivity contribution in [2.75, 3.05) is 31.1 Å². The minimum Gasteiger partial charge on any atom is -0.508 e. The third kappa shape index (κ3) is 3.80. The van der Waals surface area contributed by atoms with Gasteiger partial charge in [-0.15, -0.1) is 0 Å². The maximum atomic E-state index is 13.8. The van der Waals surface area contributed by atoms with Crippen molar-refractivity contribution < 1.29 is 9.90 Å². The molecule has 2 heterocycles. The van der Waals surface area contributed by atoms with E-state index < -0.39 is 0 Å². The predicted molar refractivity (Wildman–Crippen MR) is 124 cm³/mol. The number of carbonyl (C=O) groups is 1. The highest BCUT2D eigenvalue weighted by Gasteiger charge is 2.32. The van der Waals surface area contributed by atoms with Gasteiger partial charge in [-0.1, -0.05) is 48.5 Å². The molecule has 4 aromatic rings. The first-order valence-electron chi connectivity index (χ1n) is 10.6. The molecule has 5 heteroatoms. The second-order valence-electron chi connectivity index (χ2n) is 7.96. The Balaban J connectivity index is 1.42. The Morgan fingerprint density at radius 3 is 2.26 bits per heavy atom. The van der Waals surface area contributed by atoms with Crippen LogP contribution in [-0.4, -0.2) is 47.0 Å². The number of para-hydroxylation sites is 1. The molecule has 0 radical (unpaired) electrons. The van der Waals surface area contributed by atoms with Gasteiger partial charge in [0, 0.05) is 54.5 Å². The van der Waals surface area contributed by atoms with Crippen LogP contribution in [0, 0.1) is 0 Å². The number of Topliss-reactive ketones (excluding diaryl/α,β-unsaturated/α-hetero) is 1. The molecule has 0 bridgehead atoms. The molecule has 2 N–H and O–H groups in total. The van der Waals surface area contributed by atoms with E-state index in [2.05, 4.69) is 14.8 Å². The highest BCUT2D eigenvalue weighted by Crippen LogP contribution is 2.30. The Kier molecular flexibility index (Phi) is 5.18. The van der Waals surface area contributed by atoms with Crippen LogP contribution in [0.15, 0.2) is 85.1 Å². The molecule has 1 fully saturated rings. The number of aromatic hydroxyl groups is 1. The molecule has 0 aliphatic carbocycles. The third-order valence-electron chi connectivity index (χ3n) is 6.11. The van der Waals surface area contributed by atoms with Crippen LogP contribution in [0.1, 0.15) is 22.0 Å². The van der Waals surface area contributed by atoms with Crippen molar-refractivity contribution in [3.05, 3.63) is 96.2 Å². The van der Waals surface area contributed by atoms with Gasteiger partial charge in [-0.25, -0.2) is 0 Å². The van der Waals surface area contributed by atoms with Gasteiger partial charge in [0.25, 0.3) is 0 Å². The van der Waals surface area contributed by atoms with Crippen LogP contribution in [0.3, 0.4) is 0 Å². The third-order valence-corrected chi connectivity index (χ3v) is 6.11. The topological polar surface area (TPSA) is 59.6 Å². The summed E-state index contributed by atoms with van der Waals surface area (Å²) in [6.45, 7) is 3.23. The molecule has 0 spiro atoms. The van der Waals surface area contributed by atoms with Gasteiger partial charge in [-0.05, 0) is 35.9 Å².